The van der Waals surface area contributed by atoms with Gasteiger partial charge in [0.05, 0.1) is 0 Å². The zero-order valence-corrected chi connectivity index (χ0v) is 17.9. The SMILES string of the molecule is C/C=C(\C=C(/C)c1ccc(C=O)cc1C)c1ccc(CC)c(C2(CC)CC2)c1. The maximum absolute atomic E-state index is 11.0. The van der Waals surface area contributed by atoms with E-state index in [0.717, 1.165) is 23.8 Å². The Hall–Kier alpha value is -2.41. The summed E-state index contributed by atoms with van der Waals surface area (Å²) in [5.74, 6) is 0. The average molecular weight is 373 g/mol. The van der Waals surface area contributed by atoms with Crippen LogP contribution in [0.4, 0.5) is 0 Å². The van der Waals surface area contributed by atoms with E-state index in [0.29, 0.717) is 5.41 Å². The number of carbonyl (C=O) groups excluding carboxylic acids is 1. The van der Waals surface area contributed by atoms with Gasteiger partial charge in [-0.1, -0.05) is 56.3 Å². The lowest BCUT2D eigenvalue weighted by atomic mass is 9.85. The first-order chi connectivity index (χ1) is 13.5. The monoisotopic (exact) mass is 372 g/mol. The molecule has 146 valence electrons. The molecule has 3 rings (SSSR count). The quantitative estimate of drug-likeness (QED) is 0.367. The van der Waals surface area contributed by atoms with Crippen LogP contribution in [0.25, 0.3) is 11.1 Å². The third-order valence-corrected chi connectivity index (χ3v) is 6.42. The molecule has 0 unspecified atom stereocenters. The minimum absolute atomic E-state index is 0.417. The Morgan fingerprint density at radius 1 is 1.11 bits per heavy atom. The van der Waals surface area contributed by atoms with Crippen molar-refractivity contribution >= 4 is 17.4 Å². The molecule has 1 saturated carbocycles. The van der Waals surface area contributed by atoms with Crippen LogP contribution in [0.2, 0.25) is 0 Å². The third-order valence-electron chi connectivity index (χ3n) is 6.42. The number of carbonyl (C=O) groups is 1. The minimum atomic E-state index is 0.417. The van der Waals surface area contributed by atoms with Gasteiger partial charge in [-0.2, -0.15) is 0 Å². The molecule has 0 bridgehead atoms. The number of hydrogen-bond donors (Lipinski definition) is 0. The van der Waals surface area contributed by atoms with E-state index in [9.17, 15) is 4.79 Å². The fraction of sp³-hybridized carbons (Fsp3) is 0.370. The van der Waals surface area contributed by atoms with E-state index in [4.69, 9.17) is 0 Å². The van der Waals surface area contributed by atoms with Gasteiger partial charge in [0.1, 0.15) is 6.29 Å². The van der Waals surface area contributed by atoms with Crippen LogP contribution < -0.4 is 0 Å². The van der Waals surface area contributed by atoms with Crippen LogP contribution in [0, 0.1) is 6.92 Å². The van der Waals surface area contributed by atoms with E-state index in [2.05, 4.69) is 71.0 Å². The summed E-state index contributed by atoms with van der Waals surface area (Å²) >= 11 is 0. The fourth-order valence-electron chi connectivity index (χ4n) is 4.37. The molecule has 1 fully saturated rings. The van der Waals surface area contributed by atoms with Crippen molar-refractivity contribution in [1.82, 2.24) is 0 Å². The number of aldehydes is 1. The summed E-state index contributed by atoms with van der Waals surface area (Å²) in [7, 11) is 0. The Balaban J connectivity index is 1.99. The third kappa shape index (κ3) is 3.90. The number of hydrogen-bond acceptors (Lipinski definition) is 1. The van der Waals surface area contributed by atoms with Gasteiger partial charge in [0.25, 0.3) is 0 Å². The largest absolute Gasteiger partial charge is 0.298 e. The van der Waals surface area contributed by atoms with Gasteiger partial charge in [0, 0.05) is 5.56 Å². The molecule has 0 aliphatic heterocycles. The molecule has 28 heavy (non-hydrogen) atoms. The van der Waals surface area contributed by atoms with E-state index in [-0.39, 0.29) is 0 Å². The summed E-state index contributed by atoms with van der Waals surface area (Å²) < 4.78 is 0. The molecular formula is C27H32O. The van der Waals surface area contributed by atoms with Gasteiger partial charge in [0.15, 0.2) is 0 Å². The van der Waals surface area contributed by atoms with Crippen LogP contribution in [-0.2, 0) is 11.8 Å². The summed E-state index contributed by atoms with van der Waals surface area (Å²) in [6.07, 6.45) is 10.4. The van der Waals surface area contributed by atoms with Gasteiger partial charge in [-0.3, -0.25) is 4.79 Å². The van der Waals surface area contributed by atoms with Crippen molar-refractivity contribution in [3.05, 3.63) is 81.9 Å². The molecule has 0 saturated heterocycles. The number of benzene rings is 2. The van der Waals surface area contributed by atoms with Crippen LogP contribution in [0.3, 0.4) is 0 Å². The minimum Gasteiger partial charge on any atom is -0.298 e. The molecule has 0 amide bonds. The van der Waals surface area contributed by atoms with Crippen molar-refractivity contribution in [3.8, 4) is 0 Å². The molecule has 0 radical (unpaired) electrons. The second kappa shape index (κ2) is 8.31. The molecule has 1 heteroatoms. The predicted molar refractivity (Wildman–Crippen MR) is 121 cm³/mol. The van der Waals surface area contributed by atoms with Crippen molar-refractivity contribution in [2.45, 2.75) is 65.7 Å². The molecule has 0 aromatic heterocycles. The van der Waals surface area contributed by atoms with Crippen LogP contribution in [-0.4, -0.2) is 6.29 Å². The van der Waals surface area contributed by atoms with Gasteiger partial charge in [-0.25, -0.2) is 0 Å². The highest BCUT2D eigenvalue weighted by Gasteiger charge is 2.43. The average Bonchev–Trinajstić information content (AvgIpc) is 3.52. The first kappa shape index (κ1) is 20.3. The van der Waals surface area contributed by atoms with E-state index in [1.54, 1.807) is 5.56 Å². The summed E-state index contributed by atoms with van der Waals surface area (Å²) in [6.45, 7) is 10.9. The molecule has 1 aliphatic carbocycles. The zero-order chi connectivity index (χ0) is 20.3. The van der Waals surface area contributed by atoms with Gasteiger partial charge in [-0.15, -0.1) is 0 Å². The van der Waals surface area contributed by atoms with Crippen LogP contribution in [0.1, 0.15) is 85.1 Å². The van der Waals surface area contributed by atoms with Gasteiger partial charge < -0.3 is 0 Å². The number of aryl methyl sites for hydroxylation is 2. The zero-order valence-electron chi connectivity index (χ0n) is 17.9. The second-order valence-corrected chi connectivity index (χ2v) is 8.12. The Kier molecular flexibility index (Phi) is 6.03. The Morgan fingerprint density at radius 2 is 1.86 bits per heavy atom. The van der Waals surface area contributed by atoms with Crippen molar-refractivity contribution in [2.75, 3.05) is 0 Å². The number of allylic oxidation sites excluding steroid dienone is 4. The van der Waals surface area contributed by atoms with E-state index >= 15 is 0 Å². The Labute approximate surface area is 170 Å². The molecule has 0 N–H and O–H groups in total. The number of rotatable bonds is 7. The van der Waals surface area contributed by atoms with Gasteiger partial charge in [-0.05, 0) is 96.9 Å². The normalized spacial score (nSPS) is 16.2. The van der Waals surface area contributed by atoms with E-state index in [1.807, 2.05) is 12.1 Å². The van der Waals surface area contributed by atoms with Crippen LogP contribution in [0.15, 0.2) is 48.6 Å². The predicted octanol–water partition coefficient (Wildman–Crippen LogP) is 7.32. The molecule has 1 aliphatic rings. The highest BCUT2D eigenvalue weighted by molar-refractivity contribution is 5.85. The lowest BCUT2D eigenvalue weighted by Crippen LogP contribution is -2.09. The summed E-state index contributed by atoms with van der Waals surface area (Å²) in [5.41, 5.74) is 10.3. The highest BCUT2D eigenvalue weighted by Crippen LogP contribution is 2.52. The molecule has 0 heterocycles. The molecule has 1 nitrogen and oxygen atoms in total. The maximum atomic E-state index is 11.0. The fourth-order valence-corrected chi connectivity index (χ4v) is 4.37. The lowest BCUT2D eigenvalue weighted by molar-refractivity contribution is 0.112. The highest BCUT2D eigenvalue weighted by atomic mass is 16.1. The summed E-state index contributed by atoms with van der Waals surface area (Å²) in [4.78, 5) is 11.0. The standard InChI is InChI=1S/C27H32O/c1-6-22-10-11-24(17-26(22)27(8-3)13-14-27)23(7-2)16-20(5)25-12-9-21(18-28)15-19(25)4/h7,9-12,15-18H,6,8,13-14H2,1-5H3/b20-16+,23-7+. The summed E-state index contributed by atoms with van der Waals surface area (Å²) in [5, 5.41) is 0. The van der Waals surface area contributed by atoms with Crippen molar-refractivity contribution in [2.24, 2.45) is 0 Å². The first-order valence-electron chi connectivity index (χ1n) is 10.5. The molecule has 0 atom stereocenters. The smallest absolute Gasteiger partial charge is 0.150 e. The molecule has 0 spiro atoms. The Bertz CT molecular complexity index is 939. The van der Waals surface area contributed by atoms with Crippen LogP contribution >= 0.6 is 0 Å². The molecule has 2 aromatic rings. The summed E-state index contributed by atoms with van der Waals surface area (Å²) in [6, 6.07) is 13.0. The molecular weight excluding hydrogens is 340 g/mol. The second-order valence-electron chi connectivity index (χ2n) is 8.12. The molecule has 2 aromatic carbocycles. The topological polar surface area (TPSA) is 17.1 Å². The first-order valence-corrected chi connectivity index (χ1v) is 10.5. The van der Waals surface area contributed by atoms with E-state index < -0.39 is 0 Å². The van der Waals surface area contributed by atoms with Crippen LogP contribution in [0.5, 0.6) is 0 Å². The van der Waals surface area contributed by atoms with E-state index in [1.165, 1.54) is 47.1 Å². The Morgan fingerprint density at radius 3 is 2.39 bits per heavy atom. The lowest BCUT2D eigenvalue weighted by Gasteiger charge is -2.19. The van der Waals surface area contributed by atoms with Gasteiger partial charge in [0.2, 0.25) is 0 Å². The van der Waals surface area contributed by atoms with Gasteiger partial charge >= 0.3 is 0 Å². The van der Waals surface area contributed by atoms with Crippen molar-refractivity contribution in [3.63, 3.8) is 0 Å². The van der Waals surface area contributed by atoms with Crippen molar-refractivity contribution < 1.29 is 4.79 Å². The maximum Gasteiger partial charge on any atom is 0.150 e. The van der Waals surface area contributed by atoms with Crippen molar-refractivity contribution in [1.29, 1.82) is 0 Å².